The second-order valence-corrected chi connectivity index (χ2v) is 9.46. The first-order valence-electron chi connectivity index (χ1n) is 8.14. The number of rotatable bonds is 12. The maximum Gasteiger partial charge on any atom is 0.470 e. The van der Waals surface area contributed by atoms with Crippen molar-refractivity contribution in [3.63, 3.8) is 0 Å². The van der Waals surface area contributed by atoms with Crippen LogP contribution in [0.2, 0.25) is 0 Å². The van der Waals surface area contributed by atoms with Crippen molar-refractivity contribution in [2.75, 3.05) is 20.3 Å². The van der Waals surface area contributed by atoms with Gasteiger partial charge in [0.15, 0.2) is 6.29 Å². The van der Waals surface area contributed by atoms with Crippen molar-refractivity contribution in [1.82, 2.24) is 0 Å². The van der Waals surface area contributed by atoms with Crippen molar-refractivity contribution in [2.24, 2.45) is 0 Å². The summed E-state index contributed by atoms with van der Waals surface area (Å²) in [5.41, 5.74) is 0. The SMILES string of the molecule is CCCCOC[C@H]1O[C@H](OC)[C@H](OP(=O)(O)O)[C@@H](OP(=O)(O)O)[C@@H]1OP(=O)(O)O. The van der Waals surface area contributed by atoms with Gasteiger partial charge in [-0.3, -0.25) is 13.6 Å². The Morgan fingerprint density at radius 2 is 1.31 bits per heavy atom. The summed E-state index contributed by atoms with van der Waals surface area (Å²) in [4.78, 5) is 54.9. The van der Waals surface area contributed by atoms with Gasteiger partial charge in [-0.25, -0.2) is 13.7 Å². The molecule has 0 aromatic carbocycles. The van der Waals surface area contributed by atoms with E-state index in [1.807, 2.05) is 6.92 Å². The summed E-state index contributed by atoms with van der Waals surface area (Å²) >= 11 is 0. The van der Waals surface area contributed by atoms with E-state index in [2.05, 4.69) is 13.6 Å². The zero-order chi connectivity index (χ0) is 22.5. The van der Waals surface area contributed by atoms with Gasteiger partial charge in [0.25, 0.3) is 0 Å². The zero-order valence-corrected chi connectivity index (χ0v) is 18.1. The number of hydrogen-bond acceptors (Lipinski definition) is 9. The second-order valence-electron chi connectivity index (χ2n) is 5.89. The largest absolute Gasteiger partial charge is 0.470 e. The molecule has 1 aliphatic rings. The molecular formula is C11H25O15P3. The molecule has 0 spiro atoms. The van der Waals surface area contributed by atoms with Gasteiger partial charge in [-0.15, -0.1) is 0 Å². The van der Waals surface area contributed by atoms with Crippen molar-refractivity contribution >= 4 is 23.5 Å². The van der Waals surface area contributed by atoms with Crippen LogP contribution in [0.15, 0.2) is 0 Å². The summed E-state index contributed by atoms with van der Waals surface area (Å²) in [5.74, 6) is 0. The normalized spacial score (nSPS) is 29.2. The molecule has 1 heterocycles. The molecule has 1 aliphatic heterocycles. The molecule has 6 N–H and O–H groups in total. The van der Waals surface area contributed by atoms with Crippen LogP contribution in [0.1, 0.15) is 19.8 Å². The first-order valence-corrected chi connectivity index (χ1v) is 12.7. The Balaban J connectivity index is 3.29. The number of hydrogen-bond donors (Lipinski definition) is 6. The molecule has 0 aliphatic carbocycles. The third kappa shape index (κ3) is 10.4. The van der Waals surface area contributed by atoms with Gasteiger partial charge in [-0.05, 0) is 6.42 Å². The lowest BCUT2D eigenvalue weighted by atomic mass is 9.99. The van der Waals surface area contributed by atoms with Crippen LogP contribution in [0.3, 0.4) is 0 Å². The summed E-state index contributed by atoms with van der Waals surface area (Å²) in [6.07, 6.45) is -7.75. The van der Waals surface area contributed by atoms with Gasteiger partial charge in [-0.1, -0.05) is 13.3 Å². The highest BCUT2D eigenvalue weighted by atomic mass is 31.2. The monoisotopic (exact) mass is 490 g/mol. The van der Waals surface area contributed by atoms with Gasteiger partial charge in [0, 0.05) is 13.7 Å². The third-order valence-corrected chi connectivity index (χ3v) is 5.08. The summed E-state index contributed by atoms with van der Waals surface area (Å²) < 4.78 is 63.1. The first kappa shape index (κ1) is 27.2. The Labute approximate surface area is 165 Å². The van der Waals surface area contributed by atoms with Crippen LogP contribution in [0.25, 0.3) is 0 Å². The minimum Gasteiger partial charge on any atom is -0.379 e. The van der Waals surface area contributed by atoms with Crippen LogP contribution in [-0.2, 0) is 41.5 Å². The van der Waals surface area contributed by atoms with Gasteiger partial charge < -0.3 is 43.6 Å². The van der Waals surface area contributed by atoms with Gasteiger partial charge in [0.2, 0.25) is 0 Å². The fourth-order valence-corrected chi connectivity index (χ4v) is 4.15. The fourth-order valence-electron chi connectivity index (χ4n) is 2.48. The maximum absolute atomic E-state index is 11.4. The molecule has 18 heteroatoms. The highest BCUT2D eigenvalue weighted by Gasteiger charge is 2.54. The first-order chi connectivity index (χ1) is 13.2. The summed E-state index contributed by atoms with van der Waals surface area (Å²) in [6.45, 7) is 1.74. The van der Waals surface area contributed by atoms with Crippen LogP contribution in [0.5, 0.6) is 0 Å². The third-order valence-electron chi connectivity index (χ3n) is 3.52. The van der Waals surface area contributed by atoms with Crippen LogP contribution in [0, 0.1) is 0 Å². The molecule has 5 atom stereocenters. The Morgan fingerprint density at radius 1 is 0.828 bits per heavy atom. The Kier molecular flexibility index (Phi) is 10.5. The lowest BCUT2D eigenvalue weighted by Gasteiger charge is -2.44. The van der Waals surface area contributed by atoms with E-state index in [0.29, 0.717) is 6.42 Å². The molecule has 0 amide bonds. The molecule has 15 nitrogen and oxygen atoms in total. The standard InChI is InChI=1S/C11H25O15P3/c1-3-4-5-22-6-7-8(24-27(12,13)14)9(25-28(15,16)17)10(11(21-2)23-7)26-29(18,19)20/h7-11H,3-6H2,1-2H3,(H2,12,13,14)(H2,15,16,17)(H2,18,19,20)/t7-,8-,9+,10-,11+/m1/s1. The zero-order valence-electron chi connectivity index (χ0n) is 15.4. The number of methoxy groups -OCH3 is 1. The van der Waals surface area contributed by atoms with Crippen molar-refractivity contribution in [2.45, 2.75) is 50.5 Å². The van der Waals surface area contributed by atoms with Gasteiger partial charge >= 0.3 is 23.5 Å². The van der Waals surface area contributed by atoms with E-state index in [4.69, 9.17) is 24.0 Å². The molecule has 174 valence electrons. The summed E-state index contributed by atoms with van der Waals surface area (Å²) in [6, 6.07) is 0. The van der Waals surface area contributed by atoms with Crippen molar-refractivity contribution in [1.29, 1.82) is 0 Å². The molecule has 1 rings (SSSR count). The Hall–Kier alpha value is 0.210. The molecule has 1 saturated heterocycles. The number of ether oxygens (including phenoxy) is 3. The fraction of sp³-hybridized carbons (Fsp3) is 1.00. The Morgan fingerprint density at radius 3 is 1.76 bits per heavy atom. The average Bonchev–Trinajstić information content (AvgIpc) is 2.52. The predicted octanol–water partition coefficient (Wildman–Crippen LogP) is -0.392. The molecule has 0 bridgehead atoms. The van der Waals surface area contributed by atoms with Crippen molar-refractivity contribution < 1.29 is 70.8 Å². The lowest BCUT2D eigenvalue weighted by molar-refractivity contribution is -0.287. The van der Waals surface area contributed by atoms with Crippen LogP contribution < -0.4 is 0 Å². The second kappa shape index (κ2) is 11.2. The summed E-state index contributed by atoms with van der Waals surface area (Å²) in [5, 5.41) is 0. The molecule has 29 heavy (non-hydrogen) atoms. The van der Waals surface area contributed by atoms with E-state index in [9.17, 15) is 33.3 Å². The van der Waals surface area contributed by atoms with E-state index in [1.165, 1.54) is 0 Å². The van der Waals surface area contributed by atoms with Gasteiger partial charge in [0.1, 0.15) is 24.4 Å². The van der Waals surface area contributed by atoms with E-state index in [1.54, 1.807) is 0 Å². The molecule has 0 radical (unpaired) electrons. The quantitative estimate of drug-likeness (QED) is 0.151. The molecule has 1 fully saturated rings. The van der Waals surface area contributed by atoms with E-state index in [-0.39, 0.29) is 13.2 Å². The smallest absolute Gasteiger partial charge is 0.379 e. The highest BCUT2D eigenvalue weighted by Crippen LogP contribution is 2.50. The number of phosphoric ester groups is 3. The minimum absolute atomic E-state index is 0.225. The maximum atomic E-state index is 11.4. The van der Waals surface area contributed by atoms with Crippen LogP contribution in [0.4, 0.5) is 0 Å². The molecule has 0 aromatic rings. The summed E-state index contributed by atoms with van der Waals surface area (Å²) in [7, 11) is -14.9. The Bertz CT molecular complexity index is 639. The average molecular weight is 490 g/mol. The van der Waals surface area contributed by atoms with Crippen LogP contribution >= 0.6 is 23.5 Å². The highest BCUT2D eigenvalue weighted by molar-refractivity contribution is 7.47. The minimum atomic E-state index is -5.36. The molecule has 0 unspecified atom stereocenters. The molecule has 0 saturated carbocycles. The van der Waals surface area contributed by atoms with E-state index >= 15 is 0 Å². The van der Waals surface area contributed by atoms with Crippen molar-refractivity contribution in [3.8, 4) is 0 Å². The van der Waals surface area contributed by atoms with E-state index in [0.717, 1.165) is 13.5 Å². The lowest BCUT2D eigenvalue weighted by Crippen LogP contribution is -2.61. The van der Waals surface area contributed by atoms with Crippen LogP contribution in [-0.4, -0.2) is 80.4 Å². The molecule has 0 aromatic heterocycles. The number of unbranched alkanes of at least 4 members (excludes halogenated alkanes) is 1. The number of phosphoric acid groups is 3. The van der Waals surface area contributed by atoms with Gasteiger partial charge in [-0.2, -0.15) is 0 Å². The molecular weight excluding hydrogens is 465 g/mol. The van der Waals surface area contributed by atoms with E-state index < -0.39 is 54.2 Å². The predicted molar refractivity (Wildman–Crippen MR) is 92.1 cm³/mol. The van der Waals surface area contributed by atoms with Gasteiger partial charge in [0.05, 0.1) is 6.61 Å². The van der Waals surface area contributed by atoms with Crippen molar-refractivity contribution in [3.05, 3.63) is 0 Å². The topological polar surface area (TPSA) is 228 Å².